The number of hydrogen-bond donors (Lipinski definition) is 1. The minimum atomic E-state index is -0.389. The number of thioether (sulfide) groups is 1. The van der Waals surface area contributed by atoms with Crippen LogP contribution in [0.5, 0.6) is 0 Å². The second-order valence-electron chi connectivity index (χ2n) is 9.05. The van der Waals surface area contributed by atoms with Gasteiger partial charge >= 0.3 is 0 Å². The van der Waals surface area contributed by atoms with Gasteiger partial charge in [-0.1, -0.05) is 48.2 Å². The van der Waals surface area contributed by atoms with Gasteiger partial charge in [0.05, 0.1) is 28.3 Å². The molecular weight excluding hydrogens is 446 g/mol. The summed E-state index contributed by atoms with van der Waals surface area (Å²) in [6.45, 7) is 6.93. The van der Waals surface area contributed by atoms with E-state index in [-0.39, 0.29) is 28.9 Å². The molecule has 2 aromatic carbocycles. The number of aryl methyl sites for hydroxylation is 1. The molecule has 0 radical (unpaired) electrons. The quantitative estimate of drug-likeness (QED) is 0.269. The maximum atomic E-state index is 13.3. The number of hydrogen-bond acceptors (Lipinski definition) is 5. The summed E-state index contributed by atoms with van der Waals surface area (Å²) in [5, 5.41) is 4.01. The number of rotatable bonds is 9. The Morgan fingerprint density at radius 1 is 1.18 bits per heavy atom. The van der Waals surface area contributed by atoms with Gasteiger partial charge in [-0.2, -0.15) is 0 Å². The monoisotopic (exact) mass is 479 g/mol. The number of nitrogens with one attached hydrogen (secondary N) is 1. The van der Waals surface area contributed by atoms with Gasteiger partial charge in [0.1, 0.15) is 0 Å². The molecule has 0 saturated heterocycles. The number of nitrogens with zero attached hydrogens (tertiary/aromatic N) is 2. The summed E-state index contributed by atoms with van der Waals surface area (Å²) in [6.07, 6.45) is 3.91. The molecular formula is C27H33N3O3S. The summed E-state index contributed by atoms with van der Waals surface area (Å²) < 4.78 is 7.35. The fraction of sp³-hybridized carbons (Fsp3) is 0.444. The first-order valence-corrected chi connectivity index (χ1v) is 13.0. The average molecular weight is 480 g/mol. The highest BCUT2D eigenvalue weighted by molar-refractivity contribution is 8.00. The molecule has 0 fully saturated rings. The van der Waals surface area contributed by atoms with Gasteiger partial charge < -0.3 is 10.1 Å². The third-order valence-corrected chi connectivity index (χ3v) is 7.23. The van der Waals surface area contributed by atoms with Crippen molar-refractivity contribution in [3.8, 4) is 0 Å². The molecule has 1 N–H and O–H groups in total. The topological polar surface area (TPSA) is 73.2 Å². The molecule has 1 aliphatic carbocycles. The molecule has 1 heterocycles. The van der Waals surface area contributed by atoms with Crippen LogP contribution in [0.4, 0.5) is 0 Å². The SMILES string of the molecule is CC(C)OCCCn1c(S[C@@H](C)C(=O)N[C@H]2CCCc3ccccc32)nc2ccccc2c1=O. The van der Waals surface area contributed by atoms with E-state index in [9.17, 15) is 9.59 Å². The Balaban J connectivity index is 1.52. The predicted octanol–water partition coefficient (Wildman–Crippen LogP) is 4.89. The van der Waals surface area contributed by atoms with Gasteiger partial charge in [-0.25, -0.2) is 4.98 Å². The lowest BCUT2D eigenvalue weighted by Crippen LogP contribution is -2.36. The van der Waals surface area contributed by atoms with Crippen LogP contribution in [-0.2, 0) is 22.5 Å². The molecule has 180 valence electrons. The van der Waals surface area contributed by atoms with E-state index >= 15 is 0 Å². The van der Waals surface area contributed by atoms with Crippen LogP contribution < -0.4 is 10.9 Å². The van der Waals surface area contributed by atoms with E-state index in [1.54, 1.807) is 10.6 Å². The summed E-state index contributed by atoms with van der Waals surface area (Å²) >= 11 is 1.34. The van der Waals surface area contributed by atoms with E-state index in [2.05, 4.69) is 23.5 Å². The summed E-state index contributed by atoms with van der Waals surface area (Å²) in [6, 6.07) is 15.7. The lowest BCUT2D eigenvalue weighted by atomic mass is 9.88. The van der Waals surface area contributed by atoms with Crippen LogP contribution in [0.1, 0.15) is 57.2 Å². The van der Waals surface area contributed by atoms with Crippen molar-refractivity contribution < 1.29 is 9.53 Å². The summed E-state index contributed by atoms with van der Waals surface area (Å²) in [5.41, 5.74) is 3.10. The second-order valence-corrected chi connectivity index (χ2v) is 10.4. The Morgan fingerprint density at radius 2 is 1.94 bits per heavy atom. The van der Waals surface area contributed by atoms with Crippen LogP contribution in [0.3, 0.4) is 0 Å². The van der Waals surface area contributed by atoms with Crippen LogP contribution >= 0.6 is 11.8 Å². The minimum Gasteiger partial charge on any atom is -0.379 e. The predicted molar refractivity (Wildman–Crippen MR) is 137 cm³/mol. The van der Waals surface area contributed by atoms with E-state index in [4.69, 9.17) is 9.72 Å². The summed E-state index contributed by atoms with van der Waals surface area (Å²) in [7, 11) is 0. The zero-order valence-corrected chi connectivity index (χ0v) is 20.9. The molecule has 6 nitrogen and oxygen atoms in total. The van der Waals surface area contributed by atoms with Gasteiger partial charge in [-0.3, -0.25) is 14.2 Å². The van der Waals surface area contributed by atoms with Crippen LogP contribution in [0.15, 0.2) is 58.5 Å². The minimum absolute atomic E-state index is 0.0282. The number of benzene rings is 2. The Hall–Kier alpha value is -2.64. The lowest BCUT2D eigenvalue weighted by Gasteiger charge is -2.27. The van der Waals surface area contributed by atoms with E-state index < -0.39 is 0 Å². The Kier molecular flexibility index (Phi) is 8.06. The number of aromatic nitrogens is 2. The van der Waals surface area contributed by atoms with Crippen molar-refractivity contribution in [1.82, 2.24) is 14.9 Å². The molecule has 1 aliphatic rings. The molecule has 0 spiro atoms. The zero-order chi connectivity index (χ0) is 24.1. The van der Waals surface area contributed by atoms with Gasteiger partial charge in [-0.15, -0.1) is 0 Å². The summed E-state index contributed by atoms with van der Waals surface area (Å²) in [4.78, 5) is 31.2. The number of ether oxygens (including phenoxy) is 1. The fourth-order valence-electron chi connectivity index (χ4n) is 4.38. The smallest absolute Gasteiger partial charge is 0.262 e. The van der Waals surface area contributed by atoms with Crippen LogP contribution in [0.25, 0.3) is 10.9 Å². The van der Waals surface area contributed by atoms with Gasteiger partial charge in [0.2, 0.25) is 5.91 Å². The van der Waals surface area contributed by atoms with E-state index in [1.807, 2.05) is 45.0 Å². The first-order chi connectivity index (χ1) is 16.4. The second kappa shape index (κ2) is 11.2. The lowest BCUT2D eigenvalue weighted by molar-refractivity contribution is -0.121. The molecule has 0 bridgehead atoms. The van der Waals surface area contributed by atoms with Crippen LogP contribution in [-0.4, -0.2) is 33.4 Å². The van der Waals surface area contributed by atoms with Crippen LogP contribution in [0.2, 0.25) is 0 Å². The van der Waals surface area contributed by atoms with Crippen LogP contribution in [0, 0.1) is 0 Å². The summed E-state index contributed by atoms with van der Waals surface area (Å²) in [5.74, 6) is -0.0381. The Bertz CT molecular complexity index is 1210. The molecule has 1 amide bonds. The van der Waals surface area contributed by atoms with Gasteiger partial charge in [-0.05, 0) is 69.7 Å². The molecule has 2 atom stereocenters. The number of fused-ring (bicyclic) bond motifs is 2. The van der Waals surface area contributed by atoms with Crippen molar-refractivity contribution in [3.05, 3.63) is 70.0 Å². The molecule has 0 aliphatic heterocycles. The fourth-order valence-corrected chi connectivity index (χ4v) is 5.32. The van der Waals surface area contributed by atoms with Crippen molar-refractivity contribution in [3.63, 3.8) is 0 Å². The maximum absolute atomic E-state index is 13.3. The van der Waals surface area contributed by atoms with Crippen molar-refractivity contribution in [2.45, 2.75) is 75.6 Å². The Morgan fingerprint density at radius 3 is 2.76 bits per heavy atom. The first-order valence-electron chi connectivity index (χ1n) is 12.1. The van der Waals surface area contributed by atoms with Crippen molar-refractivity contribution in [2.24, 2.45) is 0 Å². The standard InChI is InChI=1S/C27H33N3O3S/c1-18(2)33-17-9-16-30-26(32)22-13-6-7-14-24(22)29-27(30)34-19(3)25(31)28-23-15-8-11-20-10-4-5-12-21(20)23/h4-7,10,12-14,18-19,23H,8-9,11,15-17H2,1-3H3,(H,28,31)/t19-,23-/m0/s1. The molecule has 34 heavy (non-hydrogen) atoms. The van der Waals surface area contributed by atoms with Gasteiger partial charge in [0.15, 0.2) is 5.16 Å². The van der Waals surface area contributed by atoms with Crippen molar-refractivity contribution in [1.29, 1.82) is 0 Å². The third kappa shape index (κ3) is 5.70. The molecule has 0 saturated carbocycles. The van der Waals surface area contributed by atoms with Crippen molar-refractivity contribution >= 4 is 28.6 Å². The van der Waals surface area contributed by atoms with Crippen molar-refractivity contribution in [2.75, 3.05) is 6.61 Å². The van der Waals surface area contributed by atoms with E-state index in [0.29, 0.717) is 35.6 Å². The van der Waals surface area contributed by atoms with Gasteiger partial charge in [0.25, 0.3) is 5.56 Å². The van der Waals surface area contributed by atoms with E-state index in [0.717, 1.165) is 19.3 Å². The number of amides is 1. The highest BCUT2D eigenvalue weighted by Crippen LogP contribution is 2.30. The first kappa shape index (κ1) is 24.5. The average Bonchev–Trinajstić information content (AvgIpc) is 2.83. The molecule has 4 rings (SSSR count). The number of carbonyl (C=O) groups excluding carboxylic acids is 1. The highest BCUT2D eigenvalue weighted by atomic mass is 32.2. The highest BCUT2D eigenvalue weighted by Gasteiger charge is 2.25. The van der Waals surface area contributed by atoms with Gasteiger partial charge in [0, 0.05) is 13.2 Å². The largest absolute Gasteiger partial charge is 0.379 e. The normalized spacial score (nSPS) is 16.4. The molecule has 7 heteroatoms. The number of para-hydroxylation sites is 1. The van der Waals surface area contributed by atoms with E-state index in [1.165, 1.54) is 22.9 Å². The maximum Gasteiger partial charge on any atom is 0.262 e. The number of carbonyl (C=O) groups is 1. The molecule has 1 aromatic heterocycles. The zero-order valence-electron chi connectivity index (χ0n) is 20.1. The molecule has 3 aromatic rings. The Labute approximate surface area is 205 Å². The third-order valence-electron chi connectivity index (χ3n) is 6.14. The molecule has 0 unspecified atom stereocenters.